The zero-order valence-corrected chi connectivity index (χ0v) is 22.1. The number of benzene rings is 2. The van der Waals surface area contributed by atoms with Crippen LogP contribution >= 0.6 is 11.3 Å². The van der Waals surface area contributed by atoms with E-state index in [1.165, 1.54) is 10.6 Å². The predicted octanol–water partition coefficient (Wildman–Crippen LogP) is 2.43. The van der Waals surface area contributed by atoms with Crippen LogP contribution < -0.4 is 24.7 Å². The van der Waals surface area contributed by atoms with Crippen LogP contribution in [-0.4, -0.2) is 30.2 Å². The third-order valence-corrected chi connectivity index (χ3v) is 7.22. The van der Waals surface area contributed by atoms with E-state index in [4.69, 9.17) is 13.9 Å². The molecule has 39 heavy (non-hydrogen) atoms. The molecule has 1 aliphatic rings. The van der Waals surface area contributed by atoms with Gasteiger partial charge in [0.1, 0.15) is 17.3 Å². The summed E-state index contributed by atoms with van der Waals surface area (Å²) in [5.74, 6) is -0.621. The molecule has 1 atom stereocenters. The molecule has 0 aliphatic carbocycles. The van der Waals surface area contributed by atoms with Crippen LogP contribution in [-0.2, 0) is 9.53 Å². The van der Waals surface area contributed by atoms with Crippen molar-refractivity contribution in [3.63, 3.8) is 0 Å². The van der Waals surface area contributed by atoms with Gasteiger partial charge in [-0.3, -0.25) is 9.36 Å². The highest BCUT2D eigenvalue weighted by Crippen LogP contribution is 2.32. The lowest BCUT2D eigenvalue weighted by atomic mass is 9.95. The Morgan fingerprint density at radius 2 is 1.95 bits per heavy atom. The molecule has 0 radical (unpaired) electrons. The smallest absolute Gasteiger partial charge is 0.338 e. The lowest BCUT2D eigenvalue weighted by Crippen LogP contribution is -2.39. The molecule has 0 fully saturated rings. The number of fused-ring (bicyclic) bond motifs is 1. The Morgan fingerprint density at radius 1 is 1.15 bits per heavy atom. The Bertz CT molecular complexity index is 1810. The number of carboxylic acids is 1. The van der Waals surface area contributed by atoms with Gasteiger partial charge in [-0.15, -0.1) is 0 Å². The van der Waals surface area contributed by atoms with Gasteiger partial charge in [-0.1, -0.05) is 47.7 Å². The Labute approximate surface area is 226 Å². The Kier molecular flexibility index (Phi) is 7.03. The van der Waals surface area contributed by atoms with Gasteiger partial charge in [0.2, 0.25) is 0 Å². The minimum atomic E-state index is -1.32. The molecule has 0 bridgehead atoms. The first kappa shape index (κ1) is 25.9. The molecule has 2 aromatic carbocycles. The highest BCUT2D eigenvalue weighted by Gasteiger charge is 2.33. The summed E-state index contributed by atoms with van der Waals surface area (Å²) >= 11 is 1.16. The molecule has 3 heterocycles. The summed E-state index contributed by atoms with van der Waals surface area (Å²) in [6.45, 7) is 3.60. The molecule has 5 rings (SSSR count). The second kappa shape index (κ2) is 10.6. The van der Waals surface area contributed by atoms with Gasteiger partial charge in [0.25, 0.3) is 5.56 Å². The Balaban J connectivity index is 1.65. The average Bonchev–Trinajstić information content (AvgIpc) is 3.52. The summed E-state index contributed by atoms with van der Waals surface area (Å²) in [4.78, 5) is 43.3. The Morgan fingerprint density at radius 3 is 2.69 bits per heavy atom. The highest BCUT2D eigenvalue weighted by atomic mass is 32.1. The highest BCUT2D eigenvalue weighted by molar-refractivity contribution is 7.07. The topological polar surface area (TPSA) is 123 Å². The first-order valence-corrected chi connectivity index (χ1v) is 12.9. The summed E-state index contributed by atoms with van der Waals surface area (Å²) in [5, 5.41) is 11.5. The molecular formula is C29H23N2O7S-. The second-order valence-corrected chi connectivity index (χ2v) is 9.62. The number of rotatable bonds is 7. The van der Waals surface area contributed by atoms with Gasteiger partial charge in [-0.2, -0.15) is 0 Å². The molecule has 198 valence electrons. The summed E-state index contributed by atoms with van der Waals surface area (Å²) in [7, 11) is 1.54. The third kappa shape index (κ3) is 4.82. The molecule has 2 aromatic heterocycles. The van der Waals surface area contributed by atoms with Crippen LogP contribution in [0.4, 0.5) is 0 Å². The van der Waals surface area contributed by atoms with E-state index in [0.29, 0.717) is 43.4 Å². The maximum atomic E-state index is 13.8. The fraction of sp³-hybridized carbons (Fsp3) is 0.172. The molecule has 1 aliphatic heterocycles. The third-order valence-electron chi connectivity index (χ3n) is 6.24. The van der Waals surface area contributed by atoms with E-state index in [1.807, 2.05) is 6.07 Å². The fourth-order valence-corrected chi connectivity index (χ4v) is 5.53. The van der Waals surface area contributed by atoms with Gasteiger partial charge in [0.05, 0.1) is 41.5 Å². The van der Waals surface area contributed by atoms with E-state index < -0.39 is 18.0 Å². The first-order chi connectivity index (χ1) is 18.8. The van der Waals surface area contributed by atoms with Crippen LogP contribution in [0.5, 0.6) is 5.75 Å². The van der Waals surface area contributed by atoms with Crippen molar-refractivity contribution in [1.82, 2.24) is 4.57 Å². The van der Waals surface area contributed by atoms with Crippen LogP contribution in [0.3, 0.4) is 0 Å². The van der Waals surface area contributed by atoms with Crippen molar-refractivity contribution < 1.29 is 28.6 Å². The lowest BCUT2D eigenvalue weighted by Gasteiger charge is -2.24. The van der Waals surface area contributed by atoms with Crippen LogP contribution in [0.25, 0.3) is 17.4 Å². The average molecular weight is 544 g/mol. The van der Waals surface area contributed by atoms with Gasteiger partial charge in [0.15, 0.2) is 4.80 Å². The molecule has 4 aromatic rings. The van der Waals surface area contributed by atoms with Gasteiger partial charge < -0.3 is 23.8 Å². The van der Waals surface area contributed by atoms with Crippen LogP contribution in [0.15, 0.2) is 86.1 Å². The lowest BCUT2D eigenvalue weighted by molar-refractivity contribution is -0.255. The van der Waals surface area contributed by atoms with E-state index in [0.717, 1.165) is 11.3 Å². The largest absolute Gasteiger partial charge is 0.545 e. The molecule has 0 saturated carbocycles. The fourth-order valence-electron chi connectivity index (χ4n) is 4.50. The summed E-state index contributed by atoms with van der Waals surface area (Å²) < 4.78 is 18.4. The number of aromatic nitrogens is 1. The number of carbonyl (C=O) groups is 2. The van der Waals surface area contributed by atoms with Gasteiger partial charge in [-0.05, 0) is 43.7 Å². The Hall–Kier alpha value is -4.70. The molecule has 0 spiro atoms. The number of carbonyl (C=O) groups excluding carboxylic acids is 2. The summed E-state index contributed by atoms with van der Waals surface area (Å²) in [6, 6.07) is 16.0. The maximum absolute atomic E-state index is 13.8. The van der Waals surface area contributed by atoms with Crippen molar-refractivity contribution >= 4 is 29.4 Å². The van der Waals surface area contributed by atoms with Crippen molar-refractivity contribution in [2.45, 2.75) is 19.9 Å². The van der Waals surface area contributed by atoms with E-state index in [9.17, 15) is 19.5 Å². The molecule has 1 unspecified atom stereocenters. The van der Waals surface area contributed by atoms with Crippen molar-refractivity contribution in [2.24, 2.45) is 4.99 Å². The second-order valence-electron chi connectivity index (χ2n) is 8.61. The zero-order valence-electron chi connectivity index (χ0n) is 21.3. The van der Waals surface area contributed by atoms with Crippen molar-refractivity contribution in [2.75, 3.05) is 13.7 Å². The molecule has 0 saturated heterocycles. The number of furan rings is 1. The number of methoxy groups -OCH3 is 1. The molecular weight excluding hydrogens is 520 g/mol. The zero-order chi connectivity index (χ0) is 27.7. The van der Waals surface area contributed by atoms with E-state index >= 15 is 0 Å². The molecule has 10 heteroatoms. The number of aromatic carboxylic acids is 1. The summed E-state index contributed by atoms with van der Waals surface area (Å²) in [5.41, 5.74) is 1.38. The normalized spacial score (nSPS) is 15.1. The van der Waals surface area contributed by atoms with E-state index in [1.54, 1.807) is 75.6 Å². The number of hydrogen-bond acceptors (Lipinski definition) is 9. The molecule has 9 nitrogen and oxygen atoms in total. The predicted molar refractivity (Wildman–Crippen MR) is 142 cm³/mol. The van der Waals surface area contributed by atoms with E-state index in [-0.39, 0.29) is 23.3 Å². The monoisotopic (exact) mass is 543 g/mol. The minimum Gasteiger partial charge on any atom is -0.545 e. The number of carboxylic acid groups (broad SMARTS) is 1. The van der Waals surface area contributed by atoms with E-state index in [2.05, 4.69) is 4.99 Å². The van der Waals surface area contributed by atoms with Crippen molar-refractivity contribution in [1.29, 1.82) is 0 Å². The van der Waals surface area contributed by atoms with Gasteiger partial charge in [0, 0.05) is 17.2 Å². The van der Waals surface area contributed by atoms with Crippen molar-refractivity contribution in [3.8, 4) is 17.1 Å². The SMILES string of the molecule is CCOC(=O)C1=C(C)N=c2sc(=Cc3ccc(-c4ccccc4C(=O)[O-])o3)c(=O)n2C1c1cccc(OC)c1. The minimum absolute atomic E-state index is 0.00182. The van der Waals surface area contributed by atoms with Crippen LogP contribution in [0, 0.1) is 0 Å². The quantitative estimate of drug-likeness (QED) is 0.328. The van der Waals surface area contributed by atoms with Crippen LogP contribution in [0.2, 0.25) is 0 Å². The number of thiazole rings is 1. The maximum Gasteiger partial charge on any atom is 0.338 e. The van der Waals surface area contributed by atoms with Crippen LogP contribution in [0.1, 0.15) is 41.6 Å². The van der Waals surface area contributed by atoms with Gasteiger partial charge in [-0.25, -0.2) is 9.79 Å². The number of nitrogens with zero attached hydrogens (tertiary/aromatic N) is 2. The summed E-state index contributed by atoms with van der Waals surface area (Å²) in [6.07, 6.45) is 1.57. The number of esters is 1. The standard InChI is InChI=1S/C29H24N2O7S/c1-4-37-28(35)24-16(2)30-29-31(25(24)17-8-7-9-18(14-17)36-3)26(32)23(39-29)15-19-12-13-22(38-19)20-10-5-6-11-21(20)27(33)34/h5-15,25H,4H2,1-3H3,(H,33,34)/p-1. The number of ether oxygens (including phenoxy) is 2. The molecule has 0 amide bonds. The van der Waals surface area contributed by atoms with Crippen molar-refractivity contribution in [3.05, 3.63) is 109 Å². The number of hydrogen-bond donors (Lipinski definition) is 0. The van der Waals surface area contributed by atoms with Gasteiger partial charge >= 0.3 is 5.97 Å². The molecule has 0 N–H and O–H groups in total. The number of allylic oxidation sites excluding steroid dienone is 1. The first-order valence-electron chi connectivity index (χ1n) is 12.1.